The summed E-state index contributed by atoms with van der Waals surface area (Å²) in [6.07, 6.45) is 3.35. The Hall–Kier alpha value is -2.15. The number of quaternary nitrogens is 1. The van der Waals surface area contributed by atoms with Gasteiger partial charge in [0.25, 0.3) is 11.6 Å². The Morgan fingerprint density at radius 2 is 2.04 bits per heavy atom. The molecule has 7 nitrogen and oxygen atoms in total. The molecule has 1 aromatic rings. The van der Waals surface area contributed by atoms with E-state index in [1.54, 1.807) is 12.1 Å². The van der Waals surface area contributed by atoms with Crippen LogP contribution in [0.15, 0.2) is 18.2 Å². The van der Waals surface area contributed by atoms with Crippen LogP contribution in [0.25, 0.3) is 0 Å². The quantitative estimate of drug-likeness (QED) is 0.627. The lowest BCUT2D eigenvalue weighted by Crippen LogP contribution is -3.14. The highest BCUT2D eigenvalue weighted by Gasteiger charge is 2.28. The number of nitro benzene ring substituents is 1. The van der Waals surface area contributed by atoms with E-state index in [1.807, 2.05) is 4.90 Å². The third-order valence-corrected chi connectivity index (χ3v) is 5.78. The number of piperidine rings is 1. The number of amides is 1. The Kier molecular flexibility index (Phi) is 6.31. The largest absolute Gasteiger partial charge is 0.366 e. The summed E-state index contributed by atoms with van der Waals surface area (Å²) in [5, 5.41) is 11.7. The fourth-order valence-electron chi connectivity index (χ4n) is 4.29. The number of carbonyl (C=O) groups excluding carboxylic acids is 1. The molecule has 148 valence electrons. The second-order valence-corrected chi connectivity index (χ2v) is 7.95. The van der Waals surface area contributed by atoms with Crippen molar-refractivity contribution in [2.75, 3.05) is 50.7 Å². The minimum atomic E-state index is -0.352. The zero-order valence-electron chi connectivity index (χ0n) is 16.4. The van der Waals surface area contributed by atoms with Gasteiger partial charge in [-0.2, -0.15) is 0 Å². The summed E-state index contributed by atoms with van der Waals surface area (Å²) in [6.45, 7) is 10.5. The molecule has 2 fully saturated rings. The number of hydrogen-bond donors (Lipinski definition) is 1. The van der Waals surface area contributed by atoms with E-state index in [-0.39, 0.29) is 16.5 Å². The Bertz CT molecular complexity index is 686. The van der Waals surface area contributed by atoms with E-state index in [1.165, 1.54) is 11.0 Å². The number of nitro groups is 1. The highest BCUT2D eigenvalue weighted by Crippen LogP contribution is 2.32. The van der Waals surface area contributed by atoms with E-state index in [2.05, 4.69) is 18.7 Å². The number of nitrogens with one attached hydrogen (secondary N) is 1. The molecular weight excluding hydrogens is 344 g/mol. The van der Waals surface area contributed by atoms with Crippen LogP contribution in [0, 0.1) is 16.0 Å². The normalized spacial score (nSPS) is 21.3. The number of benzene rings is 1. The van der Waals surface area contributed by atoms with Gasteiger partial charge in [-0.1, -0.05) is 13.8 Å². The van der Waals surface area contributed by atoms with Crippen molar-refractivity contribution < 1.29 is 14.6 Å². The lowest BCUT2D eigenvalue weighted by Gasteiger charge is -2.33. The SMILES string of the molecule is CCC[NH+]1CCN(C(=O)c2ccc(N3CCC[C@@H](C)C3)c([N+](=O)[O-])c2)CC1. The van der Waals surface area contributed by atoms with Crippen molar-refractivity contribution in [3.05, 3.63) is 33.9 Å². The van der Waals surface area contributed by atoms with Crippen LogP contribution >= 0.6 is 0 Å². The number of carbonyl (C=O) groups is 1. The summed E-state index contributed by atoms with van der Waals surface area (Å²) in [5.74, 6) is 0.439. The van der Waals surface area contributed by atoms with E-state index >= 15 is 0 Å². The van der Waals surface area contributed by atoms with Crippen molar-refractivity contribution in [1.29, 1.82) is 0 Å². The molecule has 2 aliphatic heterocycles. The highest BCUT2D eigenvalue weighted by molar-refractivity contribution is 5.95. The highest BCUT2D eigenvalue weighted by atomic mass is 16.6. The van der Waals surface area contributed by atoms with Gasteiger partial charge in [-0.25, -0.2) is 0 Å². The zero-order chi connectivity index (χ0) is 19.4. The molecule has 2 saturated heterocycles. The molecule has 0 spiro atoms. The van der Waals surface area contributed by atoms with Crippen LogP contribution in [0.2, 0.25) is 0 Å². The molecule has 3 rings (SSSR count). The molecule has 7 heteroatoms. The molecule has 0 unspecified atom stereocenters. The predicted octanol–water partition coefficient (Wildman–Crippen LogP) is 1.58. The number of nitrogens with zero attached hydrogens (tertiary/aromatic N) is 3. The summed E-state index contributed by atoms with van der Waals surface area (Å²) < 4.78 is 0. The number of hydrogen-bond acceptors (Lipinski definition) is 4. The van der Waals surface area contributed by atoms with Gasteiger partial charge in [0, 0.05) is 24.7 Å². The minimum Gasteiger partial charge on any atom is -0.366 e. The minimum absolute atomic E-state index is 0.0465. The van der Waals surface area contributed by atoms with Crippen molar-refractivity contribution in [2.45, 2.75) is 33.1 Å². The van der Waals surface area contributed by atoms with Crippen LogP contribution in [-0.4, -0.2) is 61.5 Å². The van der Waals surface area contributed by atoms with Crippen molar-refractivity contribution in [3.8, 4) is 0 Å². The van der Waals surface area contributed by atoms with Crippen molar-refractivity contribution in [1.82, 2.24) is 4.90 Å². The molecular formula is C20H31N4O3+. The van der Waals surface area contributed by atoms with E-state index < -0.39 is 0 Å². The topological polar surface area (TPSA) is 71.1 Å². The zero-order valence-corrected chi connectivity index (χ0v) is 16.4. The van der Waals surface area contributed by atoms with Gasteiger partial charge in [0.1, 0.15) is 5.69 Å². The van der Waals surface area contributed by atoms with Crippen molar-refractivity contribution in [2.24, 2.45) is 5.92 Å². The summed E-state index contributed by atoms with van der Waals surface area (Å²) in [6, 6.07) is 5.00. The molecule has 2 heterocycles. The summed E-state index contributed by atoms with van der Waals surface area (Å²) >= 11 is 0. The van der Waals surface area contributed by atoms with Gasteiger partial charge in [0.05, 0.1) is 37.6 Å². The van der Waals surface area contributed by atoms with Crippen molar-refractivity contribution >= 4 is 17.3 Å². The molecule has 0 bridgehead atoms. The van der Waals surface area contributed by atoms with Gasteiger partial charge in [-0.15, -0.1) is 0 Å². The Morgan fingerprint density at radius 1 is 1.30 bits per heavy atom. The van der Waals surface area contributed by atoms with E-state index in [4.69, 9.17) is 0 Å². The first-order chi connectivity index (χ1) is 13.0. The number of rotatable bonds is 5. The first-order valence-corrected chi connectivity index (χ1v) is 10.2. The van der Waals surface area contributed by atoms with E-state index in [9.17, 15) is 14.9 Å². The van der Waals surface area contributed by atoms with Crippen LogP contribution in [0.4, 0.5) is 11.4 Å². The first kappa shape index (κ1) is 19.6. The van der Waals surface area contributed by atoms with Gasteiger partial charge in [-0.3, -0.25) is 14.9 Å². The lowest BCUT2D eigenvalue weighted by molar-refractivity contribution is -0.904. The maximum absolute atomic E-state index is 12.9. The lowest BCUT2D eigenvalue weighted by atomic mass is 9.99. The smallest absolute Gasteiger partial charge is 0.293 e. The molecule has 1 amide bonds. The van der Waals surface area contributed by atoms with Crippen LogP contribution in [-0.2, 0) is 0 Å². The van der Waals surface area contributed by atoms with Crippen molar-refractivity contribution in [3.63, 3.8) is 0 Å². The molecule has 0 radical (unpaired) electrons. The number of piperazine rings is 1. The fraction of sp³-hybridized carbons (Fsp3) is 0.650. The third-order valence-electron chi connectivity index (χ3n) is 5.78. The van der Waals surface area contributed by atoms with Gasteiger partial charge in [-0.05, 0) is 37.3 Å². The molecule has 1 atom stereocenters. The van der Waals surface area contributed by atoms with Gasteiger partial charge < -0.3 is 14.7 Å². The average molecular weight is 375 g/mol. The third kappa shape index (κ3) is 4.58. The van der Waals surface area contributed by atoms with E-state index in [0.717, 1.165) is 52.0 Å². The maximum Gasteiger partial charge on any atom is 0.293 e. The van der Waals surface area contributed by atoms with Crippen LogP contribution in [0.5, 0.6) is 0 Å². The van der Waals surface area contributed by atoms with Gasteiger partial charge in [0.15, 0.2) is 0 Å². The van der Waals surface area contributed by atoms with Gasteiger partial charge in [0.2, 0.25) is 0 Å². The summed E-state index contributed by atoms with van der Waals surface area (Å²) in [5.41, 5.74) is 1.11. The van der Waals surface area contributed by atoms with Crippen LogP contribution in [0.3, 0.4) is 0 Å². The molecule has 0 saturated carbocycles. The Labute approximate surface area is 161 Å². The van der Waals surface area contributed by atoms with E-state index in [0.29, 0.717) is 30.3 Å². The Balaban J connectivity index is 1.76. The molecule has 0 aromatic heterocycles. The molecule has 1 N–H and O–H groups in total. The van der Waals surface area contributed by atoms with Gasteiger partial charge >= 0.3 is 0 Å². The monoisotopic (exact) mass is 375 g/mol. The van der Waals surface area contributed by atoms with Crippen LogP contribution in [0.1, 0.15) is 43.5 Å². The molecule has 2 aliphatic rings. The first-order valence-electron chi connectivity index (χ1n) is 10.2. The summed E-state index contributed by atoms with van der Waals surface area (Å²) in [7, 11) is 0. The predicted molar refractivity (Wildman–Crippen MR) is 105 cm³/mol. The molecule has 27 heavy (non-hydrogen) atoms. The molecule has 0 aliphatic carbocycles. The molecule has 1 aromatic carbocycles. The fourth-order valence-corrected chi connectivity index (χ4v) is 4.29. The second kappa shape index (κ2) is 8.69. The average Bonchev–Trinajstić information content (AvgIpc) is 2.68. The second-order valence-electron chi connectivity index (χ2n) is 7.95. The number of anilines is 1. The maximum atomic E-state index is 12.9. The standard InChI is InChI=1S/C20H30N4O3/c1-3-8-21-10-12-22(13-11-21)20(25)17-6-7-18(19(14-17)24(26)27)23-9-4-5-16(2)15-23/h6-7,14,16H,3-5,8-13,15H2,1-2H3/p+1/t16-/m1/s1. The van der Waals surface area contributed by atoms with Crippen LogP contribution < -0.4 is 9.80 Å². The Morgan fingerprint density at radius 3 is 2.67 bits per heavy atom. The summed E-state index contributed by atoms with van der Waals surface area (Å²) in [4.78, 5) is 29.6.